The highest BCUT2D eigenvalue weighted by molar-refractivity contribution is 7.98. The molecule has 3 N–H and O–H groups in total. The van der Waals surface area contributed by atoms with Crippen LogP contribution < -0.4 is 5.32 Å². The van der Waals surface area contributed by atoms with Crippen molar-refractivity contribution in [2.24, 2.45) is 35.5 Å². The molecular weight excluding hydrogens is 1050 g/mol. The molecule has 1 saturated carbocycles. The van der Waals surface area contributed by atoms with Gasteiger partial charge in [-0.2, -0.15) is 11.8 Å². The summed E-state index contributed by atoms with van der Waals surface area (Å²) < 4.78 is 41.2. The molecule has 0 aromatic carbocycles. The van der Waals surface area contributed by atoms with E-state index in [9.17, 15) is 43.8 Å². The van der Waals surface area contributed by atoms with Crippen LogP contribution in [-0.4, -0.2) is 163 Å². The fourth-order valence-electron chi connectivity index (χ4n) is 11.5. The molecule has 3 heterocycles. The Labute approximate surface area is 480 Å². The van der Waals surface area contributed by atoms with E-state index < -0.39 is 114 Å². The second-order valence-electron chi connectivity index (χ2n) is 23.0. The van der Waals surface area contributed by atoms with E-state index in [0.717, 1.165) is 12.0 Å². The van der Waals surface area contributed by atoms with Crippen molar-refractivity contribution in [3.05, 3.63) is 47.6 Å². The summed E-state index contributed by atoms with van der Waals surface area (Å²) in [4.78, 5) is 99.1. The van der Waals surface area contributed by atoms with Crippen LogP contribution in [0.1, 0.15) is 152 Å². The highest BCUT2D eigenvalue weighted by Crippen LogP contribution is 2.38. The smallest absolute Gasteiger partial charge is 0.408 e. The normalized spacial score (nSPS) is 35.2. The quantitative estimate of drug-likeness (QED) is 0.0459. The van der Waals surface area contributed by atoms with E-state index in [1.807, 2.05) is 64.3 Å². The first-order valence-corrected chi connectivity index (χ1v) is 30.5. The Morgan fingerprint density at radius 2 is 1.64 bits per heavy atom. The summed E-state index contributed by atoms with van der Waals surface area (Å²) in [6.45, 7) is 14.8. The zero-order valence-corrected chi connectivity index (χ0v) is 50.6. The maximum absolute atomic E-state index is 14.7. The van der Waals surface area contributed by atoms with E-state index in [-0.39, 0.29) is 49.4 Å². The number of allylic oxidation sites excluding steroid dienone is 6. The molecule has 3 fully saturated rings. The lowest BCUT2D eigenvalue weighted by Crippen LogP contribution is -2.61. The topological polar surface area (TPSA) is 240 Å². The van der Waals surface area contributed by atoms with E-state index in [2.05, 4.69) is 5.32 Å². The maximum atomic E-state index is 14.7. The molecule has 10 unspecified atom stereocenters. The predicted octanol–water partition coefficient (Wildman–Crippen LogP) is 8.38. The number of amides is 2. The van der Waals surface area contributed by atoms with Gasteiger partial charge in [-0.25, -0.2) is 14.4 Å². The van der Waals surface area contributed by atoms with Crippen molar-refractivity contribution in [2.75, 3.05) is 46.5 Å². The van der Waals surface area contributed by atoms with Crippen LogP contribution in [0.3, 0.4) is 0 Å². The Balaban J connectivity index is 1.65. The van der Waals surface area contributed by atoms with Crippen molar-refractivity contribution in [3.8, 4) is 0 Å². The number of rotatable bonds is 15. The Hall–Kier alpha value is -4.24. The molecule has 2 saturated heterocycles. The number of aliphatic hydroxyl groups excluding tert-OH is 1. The molecular formula is C61H96N2O16S. The van der Waals surface area contributed by atoms with Gasteiger partial charge in [0.05, 0.1) is 24.9 Å². The second kappa shape index (κ2) is 33.8. The van der Waals surface area contributed by atoms with Gasteiger partial charge in [0, 0.05) is 58.5 Å². The number of Topliss-reactive ketones (excluding diaryl/α,β-unsaturated/α-hetero) is 3. The number of fused-ring (bicyclic) bond motifs is 3. The lowest BCUT2D eigenvalue weighted by molar-refractivity contribution is -0.265. The van der Waals surface area contributed by atoms with E-state index in [0.29, 0.717) is 88.4 Å². The second-order valence-corrected chi connectivity index (χ2v) is 24.0. The van der Waals surface area contributed by atoms with Crippen LogP contribution in [0.15, 0.2) is 47.6 Å². The van der Waals surface area contributed by atoms with E-state index in [1.54, 1.807) is 52.6 Å². The highest BCUT2D eigenvalue weighted by atomic mass is 32.2. The zero-order valence-electron chi connectivity index (χ0n) is 49.8. The van der Waals surface area contributed by atoms with Gasteiger partial charge in [0.25, 0.3) is 11.7 Å². The maximum Gasteiger partial charge on any atom is 0.408 e. The minimum Gasteiger partial charge on any atom is -0.464 e. The number of carbonyl (C=O) groups is 7. The summed E-state index contributed by atoms with van der Waals surface area (Å²) in [6.07, 6.45) is 13.0. The lowest BCUT2D eigenvalue weighted by atomic mass is 9.78. The SMILES string of the molecule is CCCCOC(=O)C(CCSC)NC(=O)O[C@@H]1CCC(CC(C)C2CC(=O)C(C)/C=C(\C)[C@@H](O)C(OC)C(=O)[C@H](C)CC(C)\C=C/C=C/C=C(\C)C(OC)CC3CC[C@@H](C)[C@@](O)(O3)C(=O)C(=O)N3CCCC[C@H]3C(=O)O2)CC1OC. The largest absolute Gasteiger partial charge is 0.464 e. The van der Waals surface area contributed by atoms with Crippen molar-refractivity contribution in [1.29, 1.82) is 0 Å². The van der Waals surface area contributed by atoms with Gasteiger partial charge in [0.15, 0.2) is 5.78 Å². The summed E-state index contributed by atoms with van der Waals surface area (Å²) in [5.41, 5.74) is 1.22. The van der Waals surface area contributed by atoms with Gasteiger partial charge >= 0.3 is 18.0 Å². The summed E-state index contributed by atoms with van der Waals surface area (Å²) in [7, 11) is 4.47. The number of nitrogens with one attached hydrogen (secondary N) is 1. The van der Waals surface area contributed by atoms with Gasteiger partial charge in [-0.15, -0.1) is 0 Å². The predicted molar refractivity (Wildman–Crippen MR) is 305 cm³/mol. The molecule has 2 bridgehead atoms. The first-order chi connectivity index (χ1) is 38.0. The van der Waals surface area contributed by atoms with E-state index >= 15 is 0 Å². The van der Waals surface area contributed by atoms with Gasteiger partial charge < -0.3 is 53.6 Å². The minimum absolute atomic E-state index is 0.00831. The van der Waals surface area contributed by atoms with Gasteiger partial charge in [-0.3, -0.25) is 19.2 Å². The summed E-state index contributed by atoms with van der Waals surface area (Å²) in [5, 5.41) is 26.3. The number of ether oxygens (including phenoxy) is 7. The fraction of sp³-hybridized carbons (Fsp3) is 0.754. The number of esters is 2. The highest BCUT2D eigenvalue weighted by Gasteiger charge is 2.53. The third kappa shape index (κ3) is 19.7. The molecule has 452 valence electrons. The first kappa shape index (κ1) is 68.3. The van der Waals surface area contributed by atoms with Crippen LogP contribution in [0.25, 0.3) is 0 Å². The van der Waals surface area contributed by atoms with Crippen LogP contribution in [-0.2, 0) is 61.9 Å². The molecule has 18 nitrogen and oxygen atoms in total. The Morgan fingerprint density at radius 1 is 0.900 bits per heavy atom. The number of hydrogen-bond acceptors (Lipinski definition) is 17. The molecule has 0 spiro atoms. The molecule has 80 heavy (non-hydrogen) atoms. The zero-order chi connectivity index (χ0) is 59.3. The molecule has 2 amide bonds. The van der Waals surface area contributed by atoms with Gasteiger partial charge in [-0.1, -0.05) is 84.4 Å². The number of alkyl carbamates (subject to hydrolysis) is 1. The van der Waals surface area contributed by atoms with Crippen LogP contribution in [0.2, 0.25) is 0 Å². The number of nitrogens with zero attached hydrogens (tertiary/aromatic N) is 1. The van der Waals surface area contributed by atoms with Crippen molar-refractivity contribution in [2.45, 2.75) is 212 Å². The molecule has 0 radical (unpaired) electrons. The van der Waals surface area contributed by atoms with Crippen LogP contribution in [0.5, 0.6) is 0 Å². The van der Waals surface area contributed by atoms with Gasteiger partial charge in [-0.05, 0) is 132 Å². The van der Waals surface area contributed by atoms with Crippen LogP contribution in [0, 0.1) is 35.5 Å². The van der Waals surface area contributed by atoms with E-state index in [1.165, 1.54) is 19.1 Å². The minimum atomic E-state index is -2.47. The standard InChI is InChI=1S/C61H96N2O16S/c1-13-14-29-76-58(69)46(27-30-80-12)62-60(71)78-49-26-24-44(34-52(49)74-10)33-40(5)51-36-48(64)39(4)32-42(7)54(66)55(75-11)53(65)41(6)31-37(2)20-16-15-17-21-38(3)50(73-9)35-45-25-23-43(8)61(72,79-45)56(67)57(68)63-28-19-18-22-47(63)59(70)77-51/h15-17,20-21,32,37,39-41,43-47,49-52,54-55,66,72H,13-14,18-19,22-31,33-36H2,1-12H3,(H,62,71)/b17-15+,20-16-,38-21+,42-32+/t37?,39?,40?,41-,43-,44?,45?,46?,47+,49-,50?,51?,52?,54-,55?,61-/m1/s1. The number of methoxy groups -OCH3 is 3. The number of thioether (sulfide) groups is 1. The summed E-state index contributed by atoms with van der Waals surface area (Å²) in [6, 6.07) is -2.08. The lowest BCUT2D eigenvalue weighted by Gasteiger charge is -2.42. The number of hydrogen-bond donors (Lipinski definition) is 3. The molecule has 19 heteroatoms. The third-order valence-corrected chi connectivity index (χ3v) is 17.3. The number of piperidine rings is 1. The van der Waals surface area contributed by atoms with Gasteiger partial charge in [0.1, 0.15) is 42.3 Å². The number of carbonyl (C=O) groups excluding carboxylic acids is 7. The van der Waals surface area contributed by atoms with Crippen LogP contribution in [0.4, 0.5) is 4.79 Å². The molecule has 4 rings (SSSR count). The fourth-order valence-corrected chi connectivity index (χ4v) is 11.9. The van der Waals surface area contributed by atoms with Crippen LogP contribution >= 0.6 is 11.8 Å². The van der Waals surface area contributed by atoms with Crippen molar-refractivity contribution in [3.63, 3.8) is 0 Å². The number of aliphatic hydroxyl groups is 2. The monoisotopic (exact) mass is 1140 g/mol. The molecule has 16 atom stereocenters. The molecule has 0 aromatic heterocycles. The average Bonchev–Trinajstić information content (AvgIpc) is 3.43. The molecule has 4 aliphatic rings. The molecule has 3 aliphatic heterocycles. The summed E-state index contributed by atoms with van der Waals surface area (Å²) >= 11 is 1.54. The first-order valence-electron chi connectivity index (χ1n) is 29.1. The number of unbranched alkanes of at least 4 members (excludes halogenated alkanes) is 1. The molecule has 0 aromatic rings. The Bertz CT molecular complexity index is 2180. The van der Waals surface area contributed by atoms with Gasteiger partial charge in [0.2, 0.25) is 5.79 Å². The van der Waals surface area contributed by atoms with Crippen molar-refractivity contribution >= 4 is 53.1 Å². The van der Waals surface area contributed by atoms with Crippen molar-refractivity contribution < 1.29 is 76.9 Å². The number of cyclic esters (lactones) is 1. The number of ketones is 3. The van der Waals surface area contributed by atoms with Crippen molar-refractivity contribution in [1.82, 2.24) is 10.2 Å². The van der Waals surface area contributed by atoms with E-state index in [4.69, 9.17) is 33.2 Å². The average molecular weight is 1150 g/mol. The molecule has 1 aliphatic carbocycles. The summed E-state index contributed by atoms with van der Waals surface area (Å²) in [5.74, 6) is -8.50. The third-order valence-electron chi connectivity index (χ3n) is 16.6. The Kier molecular flexibility index (Phi) is 28.8. The Morgan fingerprint density at radius 3 is 2.31 bits per heavy atom.